The monoisotopic (exact) mass is 315 g/mol. The van der Waals surface area contributed by atoms with Crippen LogP contribution in [-0.2, 0) is 4.74 Å². The minimum atomic E-state index is 0.0271. The highest BCUT2D eigenvalue weighted by Gasteiger charge is 2.27. The molecule has 0 radical (unpaired) electrons. The minimum Gasteiger partial charge on any atom is -0.376 e. The Labute approximate surface area is 129 Å². The van der Waals surface area contributed by atoms with Gasteiger partial charge in [0.05, 0.1) is 24.3 Å². The number of hydrogen-bond acceptors (Lipinski definition) is 3. The number of benzene rings is 1. The van der Waals surface area contributed by atoms with E-state index in [-0.39, 0.29) is 11.9 Å². The SMILES string of the molecule is CCC1COC(C)CN1CC(=O)c1ccc(Cl)cc1Cl. The van der Waals surface area contributed by atoms with Gasteiger partial charge >= 0.3 is 0 Å². The fourth-order valence-electron chi connectivity index (χ4n) is 2.47. The molecule has 1 saturated heterocycles. The van der Waals surface area contributed by atoms with Gasteiger partial charge in [0.15, 0.2) is 5.78 Å². The van der Waals surface area contributed by atoms with Crippen molar-refractivity contribution in [2.45, 2.75) is 32.4 Å². The second kappa shape index (κ2) is 6.90. The van der Waals surface area contributed by atoms with Crippen molar-refractivity contribution in [1.29, 1.82) is 0 Å². The van der Waals surface area contributed by atoms with Crippen molar-refractivity contribution in [3.63, 3.8) is 0 Å². The van der Waals surface area contributed by atoms with Gasteiger partial charge in [-0.05, 0) is 31.5 Å². The van der Waals surface area contributed by atoms with Crippen LogP contribution in [0.15, 0.2) is 18.2 Å². The van der Waals surface area contributed by atoms with Crippen molar-refractivity contribution in [3.8, 4) is 0 Å². The van der Waals surface area contributed by atoms with Gasteiger partial charge in [-0.15, -0.1) is 0 Å². The van der Waals surface area contributed by atoms with Gasteiger partial charge in [0.1, 0.15) is 0 Å². The van der Waals surface area contributed by atoms with Crippen LogP contribution in [0.2, 0.25) is 10.0 Å². The molecular weight excluding hydrogens is 297 g/mol. The molecule has 2 rings (SSSR count). The van der Waals surface area contributed by atoms with E-state index in [0.29, 0.717) is 34.8 Å². The van der Waals surface area contributed by atoms with Gasteiger partial charge in [-0.2, -0.15) is 0 Å². The number of halogens is 2. The maximum absolute atomic E-state index is 12.4. The quantitative estimate of drug-likeness (QED) is 0.794. The lowest BCUT2D eigenvalue weighted by molar-refractivity contribution is -0.0523. The van der Waals surface area contributed by atoms with Crippen LogP contribution in [-0.4, -0.2) is 42.5 Å². The lowest BCUT2D eigenvalue weighted by atomic mass is 10.1. The number of ketones is 1. The molecule has 2 atom stereocenters. The molecule has 2 unspecified atom stereocenters. The summed E-state index contributed by atoms with van der Waals surface area (Å²) >= 11 is 11.9. The molecule has 110 valence electrons. The molecule has 0 bridgehead atoms. The molecular formula is C15H19Cl2NO2. The lowest BCUT2D eigenvalue weighted by Gasteiger charge is -2.37. The average Bonchev–Trinajstić information content (AvgIpc) is 2.38. The summed E-state index contributed by atoms with van der Waals surface area (Å²) in [5.74, 6) is 0.0271. The normalized spacial score (nSPS) is 23.8. The first kappa shape index (κ1) is 15.8. The molecule has 1 aliphatic rings. The average molecular weight is 316 g/mol. The van der Waals surface area contributed by atoms with E-state index in [1.165, 1.54) is 0 Å². The molecule has 0 aromatic heterocycles. The van der Waals surface area contributed by atoms with Gasteiger partial charge in [-0.1, -0.05) is 30.1 Å². The molecule has 0 N–H and O–H groups in total. The Bertz CT molecular complexity index is 493. The number of carbonyl (C=O) groups is 1. The Balaban J connectivity index is 2.09. The first-order valence-electron chi connectivity index (χ1n) is 6.85. The molecule has 1 fully saturated rings. The standard InChI is InChI=1S/C15H19Cl2NO2/c1-3-12-9-20-10(2)7-18(12)8-15(19)13-5-4-11(16)6-14(13)17/h4-6,10,12H,3,7-9H2,1-2H3. The highest BCUT2D eigenvalue weighted by molar-refractivity contribution is 6.36. The minimum absolute atomic E-state index is 0.0271. The first-order valence-corrected chi connectivity index (χ1v) is 7.60. The molecule has 0 aliphatic carbocycles. The van der Waals surface area contributed by atoms with Crippen molar-refractivity contribution in [1.82, 2.24) is 4.90 Å². The number of morpholine rings is 1. The fourth-order valence-corrected chi connectivity index (χ4v) is 2.98. The molecule has 0 saturated carbocycles. The van der Waals surface area contributed by atoms with Gasteiger partial charge in [-0.25, -0.2) is 0 Å². The number of Topliss-reactive ketones (excluding diaryl/α,β-unsaturated/α-hetero) is 1. The number of hydrogen-bond donors (Lipinski definition) is 0. The number of ether oxygens (including phenoxy) is 1. The second-order valence-corrected chi connectivity index (χ2v) is 6.03. The Hall–Kier alpha value is -0.610. The molecule has 1 aromatic carbocycles. The Kier molecular flexibility index (Phi) is 5.44. The van der Waals surface area contributed by atoms with Gasteiger partial charge in [0.2, 0.25) is 0 Å². The van der Waals surface area contributed by atoms with Crippen LogP contribution < -0.4 is 0 Å². The number of rotatable bonds is 4. The topological polar surface area (TPSA) is 29.5 Å². The zero-order valence-electron chi connectivity index (χ0n) is 11.7. The van der Waals surface area contributed by atoms with Crippen LogP contribution in [0.4, 0.5) is 0 Å². The summed E-state index contributed by atoms with van der Waals surface area (Å²) in [6.07, 6.45) is 1.13. The maximum atomic E-state index is 12.4. The third kappa shape index (κ3) is 3.73. The van der Waals surface area contributed by atoms with E-state index in [0.717, 1.165) is 13.0 Å². The zero-order valence-corrected chi connectivity index (χ0v) is 13.2. The van der Waals surface area contributed by atoms with Crippen molar-refractivity contribution in [2.24, 2.45) is 0 Å². The summed E-state index contributed by atoms with van der Waals surface area (Å²) in [4.78, 5) is 14.6. The summed E-state index contributed by atoms with van der Waals surface area (Å²) in [6, 6.07) is 5.29. The van der Waals surface area contributed by atoms with E-state index in [2.05, 4.69) is 11.8 Å². The molecule has 3 nitrogen and oxygen atoms in total. The predicted octanol–water partition coefficient (Wildman–Crippen LogP) is 3.68. The van der Waals surface area contributed by atoms with Crippen molar-refractivity contribution < 1.29 is 9.53 Å². The van der Waals surface area contributed by atoms with Gasteiger partial charge in [0.25, 0.3) is 0 Å². The number of carbonyl (C=O) groups excluding carboxylic acids is 1. The predicted molar refractivity (Wildman–Crippen MR) is 81.9 cm³/mol. The summed E-state index contributed by atoms with van der Waals surface area (Å²) in [5, 5.41) is 0.954. The van der Waals surface area contributed by atoms with E-state index in [1.807, 2.05) is 6.92 Å². The van der Waals surface area contributed by atoms with E-state index < -0.39 is 0 Å². The smallest absolute Gasteiger partial charge is 0.178 e. The van der Waals surface area contributed by atoms with Crippen molar-refractivity contribution in [3.05, 3.63) is 33.8 Å². The summed E-state index contributed by atoms with van der Waals surface area (Å²) in [5.41, 5.74) is 0.532. The van der Waals surface area contributed by atoms with Gasteiger partial charge < -0.3 is 4.74 Å². The van der Waals surface area contributed by atoms with Crippen LogP contribution in [0.1, 0.15) is 30.6 Å². The van der Waals surface area contributed by atoms with Crippen LogP contribution >= 0.6 is 23.2 Å². The maximum Gasteiger partial charge on any atom is 0.178 e. The third-order valence-corrected chi connectivity index (χ3v) is 4.18. The Morgan fingerprint density at radius 1 is 1.45 bits per heavy atom. The number of nitrogens with zero attached hydrogens (tertiary/aromatic N) is 1. The fraction of sp³-hybridized carbons (Fsp3) is 0.533. The lowest BCUT2D eigenvalue weighted by Crippen LogP contribution is -2.50. The first-order chi connectivity index (χ1) is 9.51. The van der Waals surface area contributed by atoms with Crippen LogP contribution in [0.3, 0.4) is 0 Å². The Morgan fingerprint density at radius 2 is 2.20 bits per heavy atom. The van der Waals surface area contributed by atoms with Crippen molar-refractivity contribution in [2.75, 3.05) is 19.7 Å². The molecule has 1 aliphatic heterocycles. The molecule has 1 aromatic rings. The van der Waals surface area contributed by atoms with Crippen molar-refractivity contribution >= 4 is 29.0 Å². The zero-order chi connectivity index (χ0) is 14.7. The molecule has 20 heavy (non-hydrogen) atoms. The molecule has 0 amide bonds. The summed E-state index contributed by atoms with van der Waals surface area (Å²) < 4.78 is 5.64. The van der Waals surface area contributed by atoms with E-state index in [1.54, 1.807) is 18.2 Å². The highest BCUT2D eigenvalue weighted by atomic mass is 35.5. The largest absolute Gasteiger partial charge is 0.376 e. The highest BCUT2D eigenvalue weighted by Crippen LogP contribution is 2.22. The third-order valence-electron chi connectivity index (χ3n) is 3.63. The van der Waals surface area contributed by atoms with E-state index >= 15 is 0 Å². The van der Waals surface area contributed by atoms with Gasteiger partial charge in [-0.3, -0.25) is 9.69 Å². The summed E-state index contributed by atoms with van der Waals surface area (Å²) in [7, 11) is 0. The van der Waals surface area contributed by atoms with Crippen LogP contribution in [0.5, 0.6) is 0 Å². The van der Waals surface area contributed by atoms with Crippen LogP contribution in [0.25, 0.3) is 0 Å². The molecule has 0 spiro atoms. The summed E-state index contributed by atoms with van der Waals surface area (Å²) in [6.45, 7) is 5.96. The van der Waals surface area contributed by atoms with E-state index in [9.17, 15) is 4.79 Å². The van der Waals surface area contributed by atoms with E-state index in [4.69, 9.17) is 27.9 Å². The Morgan fingerprint density at radius 3 is 2.85 bits per heavy atom. The molecule has 1 heterocycles. The van der Waals surface area contributed by atoms with Gasteiger partial charge in [0, 0.05) is 23.2 Å². The second-order valence-electron chi connectivity index (χ2n) is 5.18. The molecule has 5 heteroatoms. The van der Waals surface area contributed by atoms with Crippen LogP contribution in [0, 0.1) is 0 Å².